The number of nitro groups is 1. The molecule has 7 nitrogen and oxygen atoms in total. The first kappa shape index (κ1) is 15.1. The van der Waals surface area contributed by atoms with Crippen LogP contribution in [0.3, 0.4) is 0 Å². The van der Waals surface area contributed by atoms with Crippen molar-refractivity contribution in [3.63, 3.8) is 0 Å². The van der Waals surface area contributed by atoms with Gasteiger partial charge in [-0.15, -0.1) is 0 Å². The summed E-state index contributed by atoms with van der Waals surface area (Å²) >= 11 is 0. The number of carbonyl (C=O) groups excluding carboxylic acids is 2. The SMILES string of the molecule is O=C1CC(c2c[nH]c3ccccc23)C(=O)N1c1cccc([N+](=O)[O-])c1. The number of fused-ring (bicyclic) bond motifs is 1. The first-order valence-corrected chi connectivity index (χ1v) is 7.73. The van der Waals surface area contributed by atoms with Gasteiger partial charge < -0.3 is 4.98 Å². The van der Waals surface area contributed by atoms with Gasteiger partial charge in [-0.1, -0.05) is 24.3 Å². The Morgan fingerprint density at radius 2 is 1.92 bits per heavy atom. The predicted octanol–water partition coefficient (Wildman–Crippen LogP) is 3.12. The highest BCUT2D eigenvalue weighted by Crippen LogP contribution is 2.37. The lowest BCUT2D eigenvalue weighted by Crippen LogP contribution is -2.30. The maximum Gasteiger partial charge on any atom is 0.271 e. The maximum atomic E-state index is 12.9. The molecule has 124 valence electrons. The van der Waals surface area contributed by atoms with E-state index < -0.39 is 10.8 Å². The Kier molecular flexibility index (Phi) is 3.35. The largest absolute Gasteiger partial charge is 0.361 e. The Labute approximate surface area is 142 Å². The number of para-hydroxylation sites is 1. The van der Waals surface area contributed by atoms with E-state index in [1.807, 2.05) is 24.3 Å². The Balaban J connectivity index is 1.73. The van der Waals surface area contributed by atoms with Crippen molar-refractivity contribution < 1.29 is 14.5 Å². The van der Waals surface area contributed by atoms with Crippen molar-refractivity contribution in [3.8, 4) is 0 Å². The molecule has 1 saturated heterocycles. The first-order chi connectivity index (χ1) is 12.1. The Morgan fingerprint density at radius 3 is 2.72 bits per heavy atom. The van der Waals surface area contributed by atoms with Crippen LogP contribution in [0.2, 0.25) is 0 Å². The van der Waals surface area contributed by atoms with Crippen LogP contribution < -0.4 is 4.90 Å². The van der Waals surface area contributed by atoms with Gasteiger partial charge in [-0.3, -0.25) is 19.7 Å². The van der Waals surface area contributed by atoms with Crippen LogP contribution in [-0.4, -0.2) is 21.7 Å². The van der Waals surface area contributed by atoms with Gasteiger partial charge in [0, 0.05) is 35.7 Å². The Morgan fingerprint density at radius 1 is 1.12 bits per heavy atom. The molecule has 1 unspecified atom stereocenters. The van der Waals surface area contributed by atoms with Crippen LogP contribution >= 0.6 is 0 Å². The smallest absolute Gasteiger partial charge is 0.271 e. The summed E-state index contributed by atoms with van der Waals surface area (Å²) in [4.78, 5) is 39.8. The molecule has 1 fully saturated rings. The number of hydrogen-bond acceptors (Lipinski definition) is 4. The zero-order valence-electron chi connectivity index (χ0n) is 13.0. The fourth-order valence-corrected chi connectivity index (χ4v) is 3.27. The number of hydrogen-bond donors (Lipinski definition) is 1. The molecule has 0 aliphatic carbocycles. The lowest BCUT2D eigenvalue weighted by atomic mass is 9.97. The number of rotatable bonds is 3. The molecule has 0 saturated carbocycles. The van der Waals surface area contributed by atoms with Gasteiger partial charge in [-0.2, -0.15) is 0 Å². The number of aromatic nitrogens is 1. The topological polar surface area (TPSA) is 96.3 Å². The summed E-state index contributed by atoms with van der Waals surface area (Å²) in [6.07, 6.45) is 1.79. The standard InChI is InChI=1S/C18H13N3O4/c22-17-9-14(15-10-19-16-7-2-1-6-13(15)16)18(23)20(17)11-4-3-5-12(8-11)21(24)25/h1-8,10,14,19H,9H2. The second-order valence-corrected chi connectivity index (χ2v) is 5.89. The highest BCUT2D eigenvalue weighted by atomic mass is 16.6. The molecule has 3 aromatic rings. The van der Waals surface area contributed by atoms with Crippen LogP contribution in [0.1, 0.15) is 17.9 Å². The molecule has 1 N–H and O–H groups in total. The van der Waals surface area contributed by atoms with E-state index in [4.69, 9.17) is 0 Å². The van der Waals surface area contributed by atoms with Crippen molar-refractivity contribution in [2.45, 2.75) is 12.3 Å². The monoisotopic (exact) mass is 335 g/mol. The normalized spacial score (nSPS) is 17.4. The number of nitrogens with one attached hydrogen (secondary N) is 1. The fraction of sp³-hybridized carbons (Fsp3) is 0.111. The minimum absolute atomic E-state index is 0.0450. The van der Waals surface area contributed by atoms with Gasteiger partial charge in [0.05, 0.1) is 16.5 Å². The predicted molar refractivity (Wildman–Crippen MR) is 91.2 cm³/mol. The van der Waals surface area contributed by atoms with Gasteiger partial charge in [-0.25, -0.2) is 4.90 Å². The molecule has 1 atom stereocenters. The van der Waals surface area contributed by atoms with Crippen LogP contribution in [0.5, 0.6) is 0 Å². The van der Waals surface area contributed by atoms with Gasteiger partial charge in [0.2, 0.25) is 11.8 Å². The fourth-order valence-electron chi connectivity index (χ4n) is 3.27. The second-order valence-electron chi connectivity index (χ2n) is 5.89. The summed E-state index contributed by atoms with van der Waals surface area (Å²) in [7, 11) is 0. The lowest BCUT2D eigenvalue weighted by molar-refractivity contribution is -0.384. The molecule has 0 bridgehead atoms. The van der Waals surface area contributed by atoms with Crippen molar-refractivity contribution in [2.24, 2.45) is 0 Å². The summed E-state index contributed by atoms with van der Waals surface area (Å²) in [5.74, 6) is -1.32. The van der Waals surface area contributed by atoms with E-state index in [0.717, 1.165) is 21.4 Å². The average Bonchev–Trinajstić information content (AvgIpc) is 3.15. The molecule has 7 heteroatoms. The molecule has 25 heavy (non-hydrogen) atoms. The molecule has 1 aromatic heterocycles. The minimum atomic E-state index is -0.595. The molecular formula is C18H13N3O4. The molecule has 0 radical (unpaired) electrons. The molecule has 2 heterocycles. The van der Waals surface area contributed by atoms with Crippen molar-refractivity contribution >= 4 is 34.1 Å². The lowest BCUT2D eigenvalue weighted by Gasteiger charge is -2.14. The number of carbonyl (C=O) groups is 2. The molecule has 2 aromatic carbocycles. The quantitative estimate of drug-likeness (QED) is 0.452. The van der Waals surface area contributed by atoms with Crippen molar-refractivity contribution in [1.82, 2.24) is 4.98 Å². The van der Waals surface area contributed by atoms with Crippen LogP contribution in [-0.2, 0) is 9.59 Å². The van der Waals surface area contributed by atoms with Gasteiger partial charge in [0.25, 0.3) is 5.69 Å². The third-order valence-corrected chi connectivity index (χ3v) is 4.44. The van der Waals surface area contributed by atoms with Crippen molar-refractivity contribution in [3.05, 3.63) is 70.4 Å². The zero-order chi connectivity index (χ0) is 17.6. The molecule has 2 amide bonds. The Bertz CT molecular complexity index is 1020. The number of nitrogens with zero attached hydrogens (tertiary/aromatic N) is 2. The number of amides is 2. The first-order valence-electron chi connectivity index (χ1n) is 7.73. The summed E-state index contributed by atoms with van der Waals surface area (Å²) < 4.78 is 0. The summed E-state index contributed by atoms with van der Waals surface area (Å²) in [6, 6.07) is 13.1. The zero-order valence-corrected chi connectivity index (χ0v) is 13.0. The number of benzene rings is 2. The highest BCUT2D eigenvalue weighted by Gasteiger charge is 2.41. The van der Waals surface area contributed by atoms with E-state index in [-0.39, 0.29) is 29.6 Å². The number of nitro benzene ring substituents is 1. The average molecular weight is 335 g/mol. The summed E-state index contributed by atoms with van der Waals surface area (Å²) in [5, 5.41) is 11.8. The van der Waals surface area contributed by atoms with Gasteiger partial charge >= 0.3 is 0 Å². The summed E-state index contributed by atoms with van der Waals surface area (Å²) in [6.45, 7) is 0. The van der Waals surface area contributed by atoms with Crippen LogP contribution in [0.15, 0.2) is 54.7 Å². The van der Waals surface area contributed by atoms with E-state index in [1.54, 1.807) is 6.20 Å². The molecule has 1 aliphatic heterocycles. The number of anilines is 1. The van der Waals surface area contributed by atoms with E-state index >= 15 is 0 Å². The number of aromatic amines is 1. The van der Waals surface area contributed by atoms with Crippen LogP contribution in [0.4, 0.5) is 11.4 Å². The van der Waals surface area contributed by atoms with Gasteiger partial charge in [0.15, 0.2) is 0 Å². The highest BCUT2D eigenvalue weighted by molar-refractivity contribution is 6.23. The van der Waals surface area contributed by atoms with E-state index in [9.17, 15) is 19.7 Å². The molecule has 0 spiro atoms. The minimum Gasteiger partial charge on any atom is -0.361 e. The number of H-pyrrole nitrogens is 1. The molecular weight excluding hydrogens is 322 g/mol. The third-order valence-electron chi connectivity index (χ3n) is 4.44. The van der Waals surface area contributed by atoms with E-state index in [1.165, 1.54) is 24.3 Å². The molecule has 4 rings (SSSR count). The second kappa shape index (κ2) is 5.55. The molecule has 1 aliphatic rings. The van der Waals surface area contributed by atoms with Crippen molar-refractivity contribution in [2.75, 3.05) is 4.90 Å². The van der Waals surface area contributed by atoms with Gasteiger partial charge in [-0.05, 0) is 17.7 Å². The Hall–Kier alpha value is -3.48. The maximum absolute atomic E-state index is 12.9. The third kappa shape index (κ3) is 2.37. The van der Waals surface area contributed by atoms with Crippen LogP contribution in [0, 0.1) is 10.1 Å². The van der Waals surface area contributed by atoms with Crippen LogP contribution in [0.25, 0.3) is 10.9 Å². The van der Waals surface area contributed by atoms with Gasteiger partial charge in [0.1, 0.15) is 0 Å². The summed E-state index contributed by atoms with van der Waals surface area (Å²) in [5.41, 5.74) is 1.73. The van der Waals surface area contributed by atoms with E-state index in [0.29, 0.717) is 0 Å². The number of imide groups is 1. The van der Waals surface area contributed by atoms with E-state index in [2.05, 4.69) is 4.98 Å². The number of non-ortho nitro benzene ring substituents is 1. The van der Waals surface area contributed by atoms with Crippen molar-refractivity contribution in [1.29, 1.82) is 0 Å².